The molecule has 2 unspecified atom stereocenters. The molecule has 2 aromatic carbocycles. The summed E-state index contributed by atoms with van der Waals surface area (Å²) in [5.74, 6) is -0.518. The standard InChI is InChI=1S/C18H15BrO6/c1-23-14-9-10(8-13(19)15(14)20)7-12-16(21)24-18(25-17(12)22)11-5-3-2-4-6-11/h2-9,16,18,20-21H,1H3/b12-7+. The third-order valence-electron chi connectivity index (χ3n) is 3.63. The first-order chi connectivity index (χ1) is 12.0. The van der Waals surface area contributed by atoms with Gasteiger partial charge >= 0.3 is 5.97 Å². The Morgan fingerprint density at radius 1 is 1.24 bits per heavy atom. The molecule has 0 saturated carbocycles. The van der Waals surface area contributed by atoms with Crippen LogP contribution < -0.4 is 4.74 Å². The third-order valence-corrected chi connectivity index (χ3v) is 4.24. The Kier molecular flexibility index (Phi) is 5.08. The Morgan fingerprint density at radius 3 is 2.60 bits per heavy atom. The SMILES string of the molecule is COc1cc(/C=C2/C(=O)OC(c3ccccc3)OC2O)cc(Br)c1O. The normalized spacial score (nSPS) is 21.9. The van der Waals surface area contributed by atoms with Gasteiger partial charge in [0, 0.05) is 5.56 Å². The molecule has 25 heavy (non-hydrogen) atoms. The number of carbonyl (C=O) groups is 1. The molecule has 2 atom stereocenters. The monoisotopic (exact) mass is 406 g/mol. The van der Waals surface area contributed by atoms with Gasteiger partial charge in [-0.15, -0.1) is 0 Å². The zero-order valence-electron chi connectivity index (χ0n) is 13.2. The van der Waals surface area contributed by atoms with Crippen molar-refractivity contribution in [3.05, 3.63) is 63.6 Å². The predicted octanol–water partition coefficient (Wildman–Crippen LogP) is 3.14. The van der Waals surface area contributed by atoms with E-state index in [1.54, 1.807) is 30.3 Å². The molecule has 0 aromatic heterocycles. The number of carbonyl (C=O) groups excluding carboxylic acids is 1. The van der Waals surface area contributed by atoms with E-state index in [0.29, 0.717) is 15.6 Å². The van der Waals surface area contributed by atoms with Gasteiger partial charge in [-0.2, -0.15) is 0 Å². The van der Waals surface area contributed by atoms with Crippen molar-refractivity contribution >= 4 is 28.0 Å². The lowest BCUT2D eigenvalue weighted by Crippen LogP contribution is -2.33. The molecule has 1 heterocycles. The number of hydrogen-bond acceptors (Lipinski definition) is 6. The van der Waals surface area contributed by atoms with E-state index >= 15 is 0 Å². The van der Waals surface area contributed by atoms with Crippen molar-refractivity contribution in [2.45, 2.75) is 12.6 Å². The summed E-state index contributed by atoms with van der Waals surface area (Å²) in [6.07, 6.45) is -0.993. The Balaban J connectivity index is 1.88. The summed E-state index contributed by atoms with van der Waals surface area (Å²) in [5, 5.41) is 20.0. The molecule has 1 aliphatic heterocycles. The first-order valence-corrected chi connectivity index (χ1v) is 8.16. The number of aliphatic hydroxyl groups is 1. The number of rotatable bonds is 3. The lowest BCUT2D eigenvalue weighted by atomic mass is 10.1. The van der Waals surface area contributed by atoms with Gasteiger partial charge in [-0.3, -0.25) is 0 Å². The summed E-state index contributed by atoms with van der Waals surface area (Å²) in [5.41, 5.74) is 1.10. The van der Waals surface area contributed by atoms with E-state index in [-0.39, 0.29) is 17.1 Å². The molecule has 0 radical (unpaired) electrons. The van der Waals surface area contributed by atoms with Gasteiger partial charge in [0.25, 0.3) is 0 Å². The van der Waals surface area contributed by atoms with Crippen LogP contribution in [0.3, 0.4) is 0 Å². The molecule has 6 nitrogen and oxygen atoms in total. The van der Waals surface area contributed by atoms with E-state index in [1.807, 2.05) is 6.07 Å². The minimum atomic E-state index is -1.44. The molecule has 3 rings (SSSR count). The largest absolute Gasteiger partial charge is 0.503 e. The molecule has 0 bridgehead atoms. The van der Waals surface area contributed by atoms with Crippen LogP contribution in [0.1, 0.15) is 17.4 Å². The smallest absolute Gasteiger partial charge is 0.341 e. The molecule has 0 spiro atoms. The predicted molar refractivity (Wildman–Crippen MR) is 92.7 cm³/mol. The van der Waals surface area contributed by atoms with E-state index in [0.717, 1.165) is 0 Å². The second kappa shape index (κ2) is 7.26. The highest BCUT2D eigenvalue weighted by Crippen LogP contribution is 2.37. The first-order valence-electron chi connectivity index (χ1n) is 7.37. The maximum Gasteiger partial charge on any atom is 0.341 e. The maximum atomic E-state index is 12.3. The van der Waals surface area contributed by atoms with E-state index in [2.05, 4.69) is 15.9 Å². The number of benzene rings is 2. The third kappa shape index (κ3) is 3.68. The number of methoxy groups -OCH3 is 1. The summed E-state index contributed by atoms with van der Waals surface area (Å²) >= 11 is 3.20. The maximum absolute atomic E-state index is 12.3. The Morgan fingerprint density at radius 2 is 1.96 bits per heavy atom. The second-order valence-electron chi connectivity index (χ2n) is 5.29. The summed E-state index contributed by atoms with van der Waals surface area (Å²) < 4.78 is 16.1. The van der Waals surface area contributed by atoms with Crippen LogP contribution in [0.5, 0.6) is 11.5 Å². The first kappa shape index (κ1) is 17.5. The van der Waals surface area contributed by atoms with Crippen molar-refractivity contribution in [1.82, 2.24) is 0 Å². The van der Waals surface area contributed by atoms with Crippen molar-refractivity contribution in [3.63, 3.8) is 0 Å². The van der Waals surface area contributed by atoms with Crippen molar-refractivity contribution in [3.8, 4) is 11.5 Å². The minimum Gasteiger partial charge on any atom is -0.503 e. The van der Waals surface area contributed by atoms with Crippen LogP contribution in [-0.2, 0) is 14.3 Å². The molecule has 0 aliphatic carbocycles. The van der Waals surface area contributed by atoms with E-state index in [4.69, 9.17) is 14.2 Å². The van der Waals surface area contributed by atoms with E-state index in [1.165, 1.54) is 19.3 Å². The zero-order valence-corrected chi connectivity index (χ0v) is 14.8. The van der Waals surface area contributed by atoms with Gasteiger partial charge in [0.15, 0.2) is 17.8 Å². The van der Waals surface area contributed by atoms with Crippen LogP contribution in [-0.4, -0.2) is 29.6 Å². The van der Waals surface area contributed by atoms with Crippen LogP contribution >= 0.6 is 15.9 Å². The van der Waals surface area contributed by atoms with Gasteiger partial charge in [0.1, 0.15) is 0 Å². The van der Waals surface area contributed by atoms with Gasteiger partial charge < -0.3 is 24.4 Å². The highest BCUT2D eigenvalue weighted by atomic mass is 79.9. The molecule has 0 amide bonds. The number of cyclic esters (lactones) is 1. The van der Waals surface area contributed by atoms with E-state index in [9.17, 15) is 15.0 Å². The number of phenols is 1. The van der Waals surface area contributed by atoms with Gasteiger partial charge in [-0.25, -0.2) is 4.79 Å². The lowest BCUT2D eigenvalue weighted by Gasteiger charge is -2.28. The van der Waals surface area contributed by atoms with Crippen molar-refractivity contribution in [2.75, 3.05) is 7.11 Å². The van der Waals surface area contributed by atoms with Crippen molar-refractivity contribution in [1.29, 1.82) is 0 Å². The summed E-state index contributed by atoms with van der Waals surface area (Å²) in [6, 6.07) is 12.0. The molecule has 130 valence electrons. The number of ether oxygens (including phenoxy) is 3. The zero-order chi connectivity index (χ0) is 18.0. The number of esters is 1. The Labute approximate surface area is 152 Å². The van der Waals surface area contributed by atoms with Crippen LogP contribution in [0.25, 0.3) is 6.08 Å². The van der Waals surface area contributed by atoms with Gasteiger partial charge in [-0.1, -0.05) is 30.3 Å². The van der Waals surface area contributed by atoms with Crippen LogP contribution in [0.4, 0.5) is 0 Å². The lowest BCUT2D eigenvalue weighted by molar-refractivity contribution is -0.239. The number of phenolic OH excluding ortho intramolecular Hbond substituents is 1. The molecule has 2 N–H and O–H groups in total. The number of aromatic hydroxyl groups is 1. The Bertz CT molecular complexity index is 818. The fraction of sp³-hybridized carbons (Fsp3) is 0.167. The number of halogens is 1. The highest BCUT2D eigenvalue weighted by Gasteiger charge is 2.34. The quantitative estimate of drug-likeness (QED) is 0.601. The molecule has 1 saturated heterocycles. The number of hydrogen-bond donors (Lipinski definition) is 2. The molecular formula is C18H15BrO6. The van der Waals surface area contributed by atoms with Crippen LogP contribution in [0.2, 0.25) is 0 Å². The van der Waals surface area contributed by atoms with Gasteiger partial charge in [0.05, 0.1) is 17.2 Å². The minimum absolute atomic E-state index is 0.0492. The van der Waals surface area contributed by atoms with E-state index < -0.39 is 18.5 Å². The van der Waals surface area contributed by atoms with Crippen molar-refractivity contribution < 1.29 is 29.2 Å². The fourth-order valence-electron chi connectivity index (χ4n) is 2.38. The molecular weight excluding hydrogens is 392 g/mol. The molecule has 7 heteroatoms. The fourth-order valence-corrected chi connectivity index (χ4v) is 2.84. The average Bonchev–Trinajstić information content (AvgIpc) is 2.61. The highest BCUT2D eigenvalue weighted by molar-refractivity contribution is 9.10. The molecule has 1 aliphatic rings. The molecule has 1 fully saturated rings. The summed E-state index contributed by atoms with van der Waals surface area (Å²) in [7, 11) is 1.41. The Hall–Kier alpha value is -2.35. The summed E-state index contributed by atoms with van der Waals surface area (Å²) in [4.78, 5) is 12.3. The topological polar surface area (TPSA) is 85.2 Å². The summed E-state index contributed by atoms with van der Waals surface area (Å²) in [6.45, 7) is 0. The second-order valence-corrected chi connectivity index (χ2v) is 6.14. The van der Waals surface area contributed by atoms with Gasteiger partial charge in [-0.05, 0) is 39.7 Å². The molecule has 2 aromatic rings. The van der Waals surface area contributed by atoms with Crippen LogP contribution in [0, 0.1) is 0 Å². The number of aliphatic hydroxyl groups excluding tert-OH is 1. The van der Waals surface area contributed by atoms with Crippen LogP contribution in [0.15, 0.2) is 52.5 Å². The van der Waals surface area contributed by atoms with Gasteiger partial charge in [0.2, 0.25) is 6.29 Å². The van der Waals surface area contributed by atoms with Crippen molar-refractivity contribution in [2.24, 2.45) is 0 Å². The average molecular weight is 407 g/mol.